The summed E-state index contributed by atoms with van der Waals surface area (Å²) < 4.78 is 29.6. The van der Waals surface area contributed by atoms with Crippen molar-refractivity contribution in [3.63, 3.8) is 0 Å². The number of esters is 1. The van der Waals surface area contributed by atoms with Gasteiger partial charge >= 0.3 is 5.97 Å². The van der Waals surface area contributed by atoms with E-state index in [9.17, 15) is 39.6 Å². The van der Waals surface area contributed by atoms with E-state index in [1.54, 1.807) is 40.9 Å². The van der Waals surface area contributed by atoms with Gasteiger partial charge in [-0.2, -0.15) is 0 Å². The number of aliphatic hydroxyl groups is 4. The van der Waals surface area contributed by atoms with Gasteiger partial charge in [0.25, 0.3) is 11.7 Å². The zero-order chi connectivity index (χ0) is 42.4. The molecule has 3 heterocycles. The predicted molar refractivity (Wildman–Crippen MR) is 209 cm³/mol. The van der Waals surface area contributed by atoms with E-state index in [4.69, 9.17) is 23.7 Å². The molecule has 1 amide bonds. The molecule has 0 aromatic carbocycles. The fourth-order valence-corrected chi connectivity index (χ4v) is 9.31. The van der Waals surface area contributed by atoms with Crippen LogP contribution in [0, 0.1) is 29.6 Å². The van der Waals surface area contributed by atoms with Crippen molar-refractivity contribution in [2.45, 2.75) is 166 Å². The number of hydrogen-bond donors (Lipinski definition) is 4. The fourth-order valence-electron chi connectivity index (χ4n) is 9.31. The first-order valence-corrected chi connectivity index (χ1v) is 20.9. The molecule has 1 aliphatic carbocycles. The average molecular weight is 808 g/mol. The summed E-state index contributed by atoms with van der Waals surface area (Å²) in [5.74, 6) is -8.59. The Kier molecular flexibility index (Phi) is 17.0. The van der Waals surface area contributed by atoms with E-state index in [2.05, 4.69) is 0 Å². The molecule has 3 aliphatic heterocycles. The Balaban J connectivity index is 1.79. The number of ether oxygens (including phenoxy) is 5. The van der Waals surface area contributed by atoms with Crippen molar-refractivity contribution in [2.75, 3.05) is 27.9 Å². The summed E-state index contributed by atoms with van der Waals surface area (Å²) in [5, 5.41) is 45.6. The number of fused-ring (bicyclic) bond motifs is 3. The molecule has 324 valence electrons. The van der Waals surface area contributed by atoms with Gasteiger partial charge in [-0.05, 0) is 94.6 Å². The lowest BCUT2D eigenvalue weighted by molar-refractivity contribution is -0.302. The molecule has 4 rings (SSSR count). The minimum atomic E-state index is -2.57. The Morgan fingerprint density at radius 1 is 0.912 bits per heavy atom. The van der Waals surface area contributed by atoms with Crippen LogP contribution in [0.5, 0.6) is 0 Å². The van der Waals surface area contributed by atoms with Crippen molar-refractivity contribution in [3.05, 3.63) is 23.3 Å². The standard InChI is InChI=1S/C43H69NO13/c1-10-29-18-23(2)37(48)24(3)19-35(54-8)39-36(55-9)20-26(5)43(52,57-39)40(49)41(50)44-16-12-11-13-30(44)42(51)56-38(27(6)32(46)22-33(29)47)25(4)17-28-14-15-31(45)34(21-28)53-7/h17-18,24,26-32,34-39,45-46,48,52H,10-16,19-22H2,1-9H3/b23-18+,25-17+/t24-,26-,27-,28+,29+,30+,31-,32+,34-,35+,36+,37+,38-,39-,43-/m1/s1. The van der Waals surface area contributed by atoms with Crippen LogP contribution in [-0.2, 0) is 42.9 Å². The number of Topliss-reactive ketones (excluding diaryl/α,β-unsaturated/α-hetero) is 2. The van der Waals surface area contributed by atoms with Gasteiger partial charge in [-0.25, -0.2) is 4.79 Å². The molecule has 4 N–H and O–H groups in total. The topological polar surface area (TPSA) is 199 Å². The minimum Gasteiger partial charge on any atom is -0.456 e. The van der Waals surface area contributed by atoms with Crippen molar-refractivity contribution in [1.82, 2.24) is 4.90 Å². The number of piperidine rings is 1. The van der Waals surface area contributed by atoms with E-state index in [1.165, 1.54) is 14.2 Å². The number of carbonyl (C=O) groups is 4. The lowest BCUT2D eigenvalue weighted by Crippen LogP contribution is -2.64. The van der Waals surface area contributed by atoms with Crippen molar-refractivity contribution in [1.29, 1.82) is 0 Å². The van der Waals surface area contributed by atoms with Crippen LogP contribution in [0.25, 0.3) is 0 Å². The smallest absolute Gasteiger partial charge is 0.329 e. The molecule has 2 bridgehead atoms. The van der Waals surface area contributed by atoms with E-state index in [-0.39, 0.29) is 50.0 Å². The van der Waals surface area contributed by atoms with Crippen LogP contribution in [0.1, 0.15) is 106 Å². The lowest BCUT2D eigenvalue weighted by atomic mass is 9.81. The zero-order valence-electron chi connectivity index (χ0n) is 35.4. The SMILES string of the molecule is CC[C@H]1/C=C(\C)[C@H](O)[C@H](C)C[C@H](OC)[C@H]2O[C@@](O)(C(=O)C(=O)N3CCCC[C@H]3C(=O)O[C@H](/C(C)=C/[C@@H]3CC[C@@H](O)[C@H](OC)C3)[C@H](C)[C@@H](O)CC1=O)[C@H](C)C[C@@H]2OC. The highest BCUT2D eigenvalue weighted by Crippen LogP contribution is 2.39. The lowest BCUT2D eigenvalue weighted by Gasteiger charge is -2.47. The number of hydrogen-bond acceptors (Lipinski definition) is 13. The summed E-state index contributed by atoms with van der Waals surface area (Å²) in [6, 6.07) is -1.16. The number of methoxy groups -OCH3 is 3. The molecular weight excluding hydrogens is 738 g/mol. The van der Waals surface area contributed by atoms with Crippen molar-refractivity contribution in [2.24, 2.45) is 29.6 Å². The molecule has 2 saturated heterocycles. The maximum atomic E-state index is 14.3. The third-order valence-electron chi connectivity index (χ3n) is 13.2. The Labute approximate surface area is 338 Å². The first kappa shape index (κ1) is 47.1. The molecule has 0 spiro atoms. The van der Waals surface area contributed by atoms with Crippen LogP contribution >= 0.6 is 0 Å². The Bertz CT molecular complexity index is 1470. The maximum Gasteiger partial charge on any atom is 0.329 e. The molecule has 4 aliphatic rings. The second kappa shape index (κ2) is 20.6. The highest BCUT2D eigenvalue weighted by Gasteiger charge is 2.56. The average Bonchev–Trinajstić information content (AvgIpc) is 3.20. The Hall–Kier alpha value is -2.56. The van der Waals surface area contributed by atoms with Crippen LogP contribution in [0.15, 0.2) is 23.3 Å². The van der Waals surface area contributed by atoms with Gasteiger partial charge in [0.15, 0.2) is 0 Å². The number of rotatable bonds is 6. The Morgan fingerprint density at radius 3 is 2.19 bits per heavy atom. The molecule has 0 radical (unpaired) electrons. The molecule has 0 aromatic rings. The molecule has 57 heavy (non-hydrogen) atoms. The summed E-state index contributed by atoms with van der Waals surface area (Å²) in [6.45, 7) is 10.6. The number of cyclic esters (lactones) is 1. The van der Waals surface area contributed by atoms with Crippen LogP contribution in [0.2, 0.25) is 0 Å². The van der Waals surface area contributed by atoms with Crippen LogP contribution < -0.4 is 0 Å². The van der Waals surface area contributed by atoms with E-state index >= 15 is 0 Å². The first-order valence-electron chi connectivity index (χ1n) is 20.9. The van der Waals surface area contributed by atoms with Gasteiger partial charge in [0.2, 0.25) is 5.79 Å². The van der Waals surface area contributed by atoms with Gasteiger partial charge in [0.05, 0.1) is 36.6 Å². The van der Waals surface area contributed by atoms with Gasteiger partial charge in [-0.1, -0.05) is 39.8 Å². The number of aliphatic hydroxyl groups excluding tert-OH is 3. The molecular formula is C43H69NO13. The van der Waals surface area contributed by atoms with Gasteiger partial charge in [0.1, 0.15) is 24.0 Å². The highest BCUT2D eigenvalue weighted by molar-refractivity contribution is 6.39. The van der Waals surface area contributed by atoms with E-state index in [1.807, 2.05) is 19.9 Å². The zero-order valence-corrected chi connectivity index (χ0v) is 35.4. The summed E-state index contributed by atoms with van der Waals surface area (Å²) in [6.07, 6.45) is 0.618. The number of nitrogens with zero attached hydrogens (tertiary/aromatic N) is 1. The summed E-state index contributed by atoms with van der Waals surface area (Å²) in [4.78, 5) is 57.7. The Morgan fingerprint density at radius 2 is 1.56 bits per heavy atom. The first-order chi connectivity index (χ1) is 26.9. The van der Waals surface area contributed by atoms with Gasteiger partial charge in [-0.3, -0.25) is 14.4 Å². The molecule has 0 unspecified atom stereocenters. The van der Waals surface area contributed by atoms with Crippen molar-refractivity contribution < 1.29 is 63.3 Å². The third kappa shape index (κ3) is 10.8. The largest absolute Gasteiger partial charge is 0.456 e. The monoisotopic (exact) mass is 807 g/mol. The normalized spacial score (nSPS) is 42.4. The quantitative estimate of drug-likeness (QED) is 0.173. The second-order valence-electron chi connectivity index (χ2n) is 17.2. The van der Waals surface area contributed by atoms with E-state index in [0.717, 1.165) is 4.90 Å². The summed E-state index contributed by atoms with van der Waals surface area (Å²) in [5.41, 5.74) is 1.19. The van der Waals surface area contributed by atoms with E-state index < -0.39 is 95.9 Å². The molecule has 0 aromatic heterocycles. The van der Waals surface area contributed by atoms with Gasteiger partial charge in [0, 0.05) is 52.0 Å². The second-order valence-corrected chi connectivity index (χ2v) is 17.2. The van der Waals surface area contributed by atoms with E-state index in [0.29, 0.717) is 49.7 Å². The number of carbonyl (C=O) groups excluding carboxylic acids is 4. The highest BCUT2D eigenvalue weighted by atomic mass is 16.7. The number of ketones is 2. The number of amides is 1. The van der Waals surface area contributed by atoms with Crippen molar-refractivity contribution in [3.8, 4) is 0 Å². The van der Waals surface area contributed by atoms with Crippen LogP contribution in [0.4, 0.5) is 0 Å². The molecule has 15 atom stereocenters. The van der Waals surface area contributed by atoms with Gasteiger partial charge in [-0.15, -0.1) is 0 Å². The third-order valence-corrected chi connectivity index (χ3v) is 13.2. The molecule has 14 nitrogen and oxygen atoms in total. The predicted octanol–water partition coefficient (Wildman–Crippen LogP) is 3.44. The van der Waals surface area contributed by atoms with Crippen molar-refractivity contribution >= 4 is 23.4 Å². The maximum absolute atomic E-state index is 14.3. The molecule has 1 saturated carbocycles. The summed E-state index contributed by atoms with van der Waals surface area (Å²) >= 11 is 0. The number of allylic oxidation sites excluding steroid dienone is 2. The molecule has 3 fully saturated rings. The van der Waals surface area contributed by atoms with Gasteiger partial charge < -0.3 is 49.0 Å². The van der Waals surface area contributed by atoms with Crippen LogP contribution in [-0.4, -0.2) is 137 Å². The molecule has 14 heteroatoms. The summed E-state index contributed by atoms with van der Waals surface area (Å²) in [7, 11) is 4.49. The van der Waals surface area contributed by atoms with Crippen LogP contribution in [0.3, 0.4) is 0 Å². The minimum absolute atomic E-state index is 0.0255. The fraction of sp³-hybridized carbons (Fsp3) is 0.814.